The van der Waals surface area contributed by atoms with Crippen molar-refractivity contribution in [1.29, 1.82) is 0 Å². The lowest BCUT2D eigenvalue weighted by molar-refractivity contribution is -0.139. The van der Waals surface area contributed by atoms with Gasteiger partial charge in [0.25, 0.3) is 0 Å². The second-order valence-electron chi connectivity index (χ2n) is 3.81. The highest BCUT2D eigenvalue weighted by Gasteiger charge is 2.31. The van der Waals surface area contributed by atoms with Gasteiger partial charge in [0.15, 0.2) is 0 Å². The highest BCUT2D eigenvalue weighted by molar-refractivity contribution is 5.67. The van der Waals surface area contributed by atoms with Gasteiger partial charge >= 0.3 is 5.97 Å². The quantitative estimate of drug-likeness (QED) is 0.668. The number of aliphatic carboxylic acids is 1. The molecule has 3 heteroatoms. The molecule has 1 aliphatic rings. The first-order valence-electron chi connectivity index (χ1n) is 4.58. The molecule has 2 atom stereocenters. The molecule has 0 bridgehead atoms. The summed E-state index contributed by atoms with van der Waals surface area (Å²) in [5, 5.41) is 8.65. The van der Waals surface area contributed by atoms with Gasteiger partial charge in [-0.2, -0.15) is 0 Å². The Bertz CT molecular complexity index is 164. The molecule has 0 aromatic rings. The summed E-state index contributed by atoms with van der Waals surface area (Å²) < 4.78 is 0. The summed E-state index contributed by atoms with van der Waals surface area (Å²) in [5.41, 5.74) is 5.73. The van der Waals surface area contributed by atoms with Crippen LogP contribution in [0.1, 0.15) is 32.6 Å². The molecule has 3 N–H and O–H groups in total. The first-order chi connectivity index (χ1) is 5.61. The average molecular weight is 171 g/mol. The molecular formula is C9H17NO2. The Morgan fingerprint density at radius 2 is 2.25 bits per heavy atom. The van der Waals surface area contributed by atoms with Crippen LogP contribution in [-0.4, -0.2) is 17.1 Å². The highest BCUT2D eigenvalue weighted by Crippen LogP contribution is 2.36. The van der Waals surface area contributed by atoms with Gasteiger partial charge in [-0.15, -0.1) is 0 Å². The van der Waals surface area contributed by atoms with E-state index in [1.807, 2.05) is 6.92 Å². The van der Waals surface area contributed by atoms with E-state index in [1.165, 1.54) is 19.3 Å². The number of carboxylic acids is 1. The minimum absolute atomic E-state index is 0.0198. The molecule has 0 saturated heterocycles. The molecule has 0 heterocycles. The van der Waals surface area contributed by atoms with Crippen molar-refractivity contribution in [2.75, 3.05) is 0 Å². The third-order valence-electron chi connectivity index (χ3n) is 2.84. The Morgan fingerprint density at radius 1 is 1.67 bits per heavy atom. The second kappa shape index (κ2) is 3.90. The van der Waals surface area contributed by atoms with Crippen LogP contribution in [0.2, 0.25) is 0 Å². The van der Waals surface area contributed by atoms with Crippen LogP contribution in [-0.2, 0) is 4.79 Å². The summed E-state index contributed by atoms with van der Waals surface area (Å²) >= 11 is 0. The Labute approximate surface area is 72.9 Å². The molecule has 0 aromatic heterocycles. The van der Waals surface area contributed by atoms with Gasteiger partial charge in [-0.25, -0.2) is 0 Å². The van der Waals surface area contributed by atoms with Gasteiger partial charge in [0.1, 0.15) is 0 Å². The number of hydrogen-bond acceptors (Lipinski definition) is 2. The van der Waals surface area contributed by atoms with Crippen molar-refractivity contribution in [1.82, 2.24) is 0 Å². The summed E-state index contributed by atoms with van der Waals surface area (Å²) in [6, 6.07) is 0.0198. The van der Waals surface area contributed by atoms with Crippen molar-refractivity contribution in [2.24, 2.45) is 17.6 Å². The summed E-state index contributed by atoms with van der Waals surface area (Å²) in [6.07, 6.45) is 3.81. The van der Waals surface area contributed by atoms with Crippen molar-refractivity contribution < 1.29 is 9.90 Å². The van der Waals surface area contributed by atoms with E-state index in [0.29, 0.717) is 5.92 Å². The van der Waals surface area contributed by atoms with Crippen LogP contribution in [0.4, 0.5) is 0 Å². The number of carboxylic acid groups (broad SMARTS) is 1. The Hall–Kier alpha value is -0.570. The lowest BCUT2D eigenvalue weighted by atomic mass is 9.72. The standard InChI is InChI=1S/C9H17NO2/c1-6(10)8(5-9(11)12)7-3-2-4-7/h6-8H,2-5,10H2,1H3,(H,11,12). The van der Waals surface area contributed by atoms with E-state index in [4.69, 9.17) is 10.8 Å². The normalized spacial score (nSPS) is 22.8. The van der Waals surface area contributed by atoms with Gasteiger partial charge in [0, 0.05) is 12.5 Å². The zero-order chi connectivity index (χ0) is 9.14. The van der Waals surface area contributed by atoms with E-state index >= 15 is 0 Å². The van der Waals surface area contributed by atoms with E-state index in [-0.39, 0.29) is 18.4 Å². The fraction of sp³-hybridized carbons (Fsp3) is 0.889. The van der Waals surface area contributed by atoms with Crippen LogP contribution in [0.15, 0.2) is 0 Å². The first-order valence-corrected chi connectivity index (χ1v) is 4.58. The molecule has 1 rings (SSSR count). The van der Waals surface area contributed by atoms with Gasteiger partial charge in [-0.05, 0) is 18.8 Å². The smallest absolute Gasteiger partial charge is 0.303 e. The fourth-order valence-corrected chi connectivity index (χ4v) is 1.85. The molecule has 0 amide bonds. The summed E-state index contributed by atoms with van der Waals surface area (Å²) in [5.74, 6) is 0.0431. The van der Waals surface area contributed by atoms with E-state index < -0.39 is 5.97 Å². The maximum Gasteiger partial charge on any atom is 0.303 e. The molecule has 0 aliphatic heterocycles. The molecular weight excluding hydrogens is 154 g/mol. The number of carbonyl (C=O) groups is 1. The van der Waals surface area contributed by atoms with Crippen molar-refractivity contribution in [3.63, 3.8) is 0 Å². The topological polar surface area (TPSA) is 63.3 Å². The predicted octanol–water partition coefficient (Wildman–Crippen LogP) is 1.22. The Morgan fingerprint density at radius 3 is 2.50 bits per heavy atom. The number of hydrogen-bond donors (Lipinski definition) is 2. The van der Waals surface area contributed by atoms with Crippen molar-refractivity contribution in [2.45, 2.75) is 38.6 Å². The SMILES string of the molecule is CC(N)C(CC(=O)O)C1CCC1. The largest absolute Gasteiger partial charge is 0.481 e. The van der Waals surface area contributed by atoms with E-state index in [9.17, 15) is 4.79 Å². The van der Waals surface area contributed by atoms with E-state index in [0.717, 1.165) is 0 Å². The van der Waals surface area contributed by atoms with Crippen LogP contribution in [0.5, 0.6) is 0 Å². The van der Waals surface area contributed by atoms with Crippen molar-refractivity contribution in [3.8, 4) is 0 Å². The Balaban J connectivity index is 2.42. The van der Waals surface area contributed by atoms with Crippen LogP contribution >= 0.6 is 0 Å². The minimum Gasteiger partial charge on any atom is -0.481 e. The van der Waals surface area contributed by atoms with E-state index in [2.05, 4.69) is 0 Å². The minimum atomic E-state index is -0.718. The average Bonchev–Trinajstić information content (AvgIpc) is 1.80. The monoisotopic (exact) mass is 171 g/mol. The summed E-state index contributed by atoms with van der Waals surface area (Å²) in [6.45, 7) is 1.91. The second-order valence-corrected chi connectivity index (χ2v) is 3.81. The lowest BCUT2D eigenvalue weighted by Gasteiger charge is -2.35. The molecule has 0 spiro atoms. The van der Waals surface area contributed by atoms with Crippen LogP contribution in [0, 0.1) is 11.8 Å². The Kier molecular flexibility index (Phi) is 3.09. The molecule has 1 saturated carbocycles. The van der Waals surface area contributed by atoms with E-state index in [1.54, 1.807) is 0 Å². The third-order valence-corrected chi connectivity index (χ3v) is 2.84. The molecule has 1 aliphatic carbocycles. The number of rotatable bonds is 4. The predicted molar refractivity (Wildman–Crippen MR) is 46.7 cm³/mol. The zero-order valence-electron chi connectivity index (χ0n) is 7.49. The van der Waals surface area contributed by atoms with Gasteiger partial charge in [-0.3, -0.25) is 4.79 Å². The van der Waals surface area contributed by atoms with Crippen molar-refractivity contribution in [3.05, 3.63) is 0 Å². The molecule has 1 fully saturated rings. The number of nitrogens with two attached hydrogens (primary N) is 1. The van der Waals surface area contributed by atoms with Gasteiger partial charge in [-0.1, -0.05) is 19.3 Å². The fourth-order valence-electron chi connectivity index (χ4n) is 1.85. The van der Waals surface area contributed by atoms with Gasteiger partial charge < -0.3 is 10.8 Å². The summed E-state index contributed by atoms with van der Waals surface area (Å²) in [4.78, 5) is 10.5. The maximum absolute atomic E-state index is 10.5. The zero-order valence-corrected chi connectivity index (χ0v) is 7.49. The first kappa shape index (κ1) is 9.52. The molecule has 2 unspecified atom stereocenters. The highest BCUT2D eigenvalue weighted by atomic mass is 16.4. The lowest BCUT2D eigenvalue weighted by Crippen LogP contribution is -2.37. The molecule has 0 radical (unpaired) electrons. The third kappa shape index (κ3) is 2.21. The molecule has 3 nitrogen and oxygen atoms in total. The van der Waals surface area contributed by atoms with Gasteiger partial charge in [0.2, 0.25) is 0 Å². The summed E-state index contributed by atoms with van der Waals surface area (Å²) in [7, 11) is 0. The van der Waals surface area contributed by atoms with Gasteiger partial charge in [0.05, 0.1) is 0 Å². The molecule has 12 heavy (non-hydrogen) atoms. The van der Waals surface area contributed by atoms with Crippen molar-refractivity contribution >= 4 is 5.97 Å². The van der Waals surface area contributed by atoms with Crippen LogP contribution in [0.25, 0.3) is 0 Å². The van der Waals surface area contributed by atoms with Crippen LogP contribution < -0.4 is 5.73 Å². The molecule has 70 valence electrons. The van der Waals surface area contributed by atoms with Crippen LogP contribution in [0.3, 0.4) is 0 Å². The molecule has 0 aromatic carbocycles. The maximum atomic E-state index is 10.5.